The first-order valence-electron chi connectivity index (χ1n) is 5.61. The Morgan fingerprint density at radius 2 is 1.94 bits per heavy atom. The Hall–Kier alpha value is -1.07. The molecule has 0 radical (unpaired) electrons. The van der Waals surface area contributed by atoms with Crippen LogP contribution in [0.4, 0.5) is 5.69 Å². The van der Waals surface area contributed by atoms with Gasteiger partial charge in [0.05, 0.1) is 10.6 Å². The van der Waals surface area contributed by atoms with Crippen LogP contribution >= 0.6 is 0 Å². The first-order chi connectivity index (χ1) is 7.96. The average Bonchev–Trinajstić information content (AvgIpc) is 2.28. The second-order valence-electron chi connectivity index (χ2n) is 4.12. The van der Waals surface area contributed by atoms with Crippen molar-refractivity contribution in [3.05, 3.63) is 24.3 Å². The van der Waals surface area contributed by atoms with E-state index in [1.54, 1.807) is 12.1 Å². The van der Waals surface area contributed by atoms with Crippen LogP contribution in [0.3, 0.4) is 0 Å². The van der Waals surface area contributed by atoms with Crippen LogP contribution in [0.2, 0.25) is 0 Å². The Labute approximate surface area is 104 Å². The molecule has 0 bridgehead atoms. The summed E-state index contributed by atoms with van der Waals surface area (Å²) in [7, 11) is 0.657. The lowest BCUT2D eigenvalue weighted by Crippen LogP contribution is -2.23. The first kappa shape index (κ1) is 14.0. The quantitative estimate of drug-likeness (QED) is 0.775. The molecule has 0 heterocycles. The van der Waals surface area contributed by atoms with Crippen molar-refractivity contribution in [3.8, 4) is 0 Å². The Bertz CT molecular complexity index is 457. The average molecular weight is 256 g/mol. The van der Waals surface area contributed by atoms with E-state index in [1.807, 2.05) is 31.1 Å². The molecule has 5 heteroatoms. The van der Waals surface area contributed by atoms with Crippen molar-refractivity contribution in [3.63, 3.8) is 0 Å². The molecule has 0 atom stereocenters. The number of sulfone groups is 1. The Morgan fingerprint density at radius 3 is 2.53 bits per heavy atom. The molecule has 1 aromatic rings. The molecule has 1 rings (SSSR count). The molecule has 0 aliphatic heterocycles. The van der Waals surface area contributed by atoms with Gasteiger partial charge in [-0.15, -0.1) is 0 Å². The SMILES string of the molecule is CNCCCN(C)c1ccccc1S(C)(=O)=O. The molecule has 96 valence electrons. The molecular formula is C12H20N2O2S. The van der Waals surface area contributed by atoms with Gasteiger partial charge in [-0.1, -0.05) is 12.1 Å². The van der Waals surface area contributed by atoms with Gasteiger partial charge < -0.3 is 10.2 Å². The molecule has 0 unspecified atom stereocenters. The van der Waals surface area contributed by atoms with Crippen molar-refractivity contribution in [2.24, 2.45) is 0 Å². The minimum Gasteiger partial charge on any atom is -0.373 e. The zero-order valence-electron chi connectivity index (χ0n) is 10.6. The maximum Gasteiger partial charge on any atom is 0.177 e. The molecule has 0 aromatic heterocycles. The molecule has 0 fully saturated rings. The van der Waals surface area contributed by atoms with E-state index in [0.29, 0.717) is 4.90 Å². The molecule has 0 aliphatic carbocycles. The van der Waals surface area contributed by atoms with E-state index in [1.165, 1.54) is 6.26 Å². The fourth-order valence-electron chi connectivity index (χ4n) is 1.70. The van der Waals surface area contributed by atoms with E-state index in [9.17, 15) is 8.42 Å². The lowest BCUT2D eigenvalue weighted by Gasteiger charge is -2.21. The molecule has 0 spiro atoms. The summed E-state index contributed by atoms with van der Waals surface area (Å²) in [6.07, 6.45) is 2.22. The Kier molecular flexibility index (Phi) is 4.96. The highest BCUT2D eigenvalue weighted by Gasteiger charge is 2.14. The number of nitrogens with one attached hydrogen (secondary N) is 1. The predicted octanol–water partition coefficient (Wildman–Crippen LogP) is 1.14. The summed E-state index contributed by atoms with van der Waals surface area (Å²) in [6, 6.07) is 7.11. The van der Waals surface area contributed by atoms with Crippen molar-refractivity contribution < 1.29 is 8.42 Å². The van der Waals surface area contributed by atoms with Crippen LogP contribution in [0.15, 0.2) is 29.2 Å². The lowest BCUT2D eigenvalue weighted by atomic mass is 10.3. The van der Waals surface area contributed by atoms with Gasteiger partial charge in [0.25, 0.3) is 0 Å². The van der Waals surface area contributed by atoms with Crippen LogP contribution in [0, 0.1) is 0 Å². The number of nitrogens with zero attached hydrogens (tertiary/aromatic N) is 1. The molecule has 17 heavy (non-hydrogen) atoms. The van der Waals surface area contributed by atoms with Crippen LogP contribution in [0.1, 0.15) is 6.42 Å². The van der Waals surface area contributed by atoms with Gasteiger partial charge in [-0.3, -0.25) is 0 Å². The summed E-state index contributed by atoms with van der Waals surface area (Å²) in [5.74, 6) is 0. The number of para-hydroxylation sites is 1. The van der Waals surface area contributed by atoms with Crippen LogP contribution in [0.25, 0.3) is 0 Å². The molecule has 0 saturated heterocycles. The van der Waals surface area contributed by atoms with E-state index in [2.05, 4.69) is 5.32 Å². The molecule has 0 saturated carbocycles. The van der Waals surface area contributed by atoms with Crippen molar-refractivity contribution in [1.82, 2.24) is 5.32 Å². The summed E-state index contributed by atoms with van der Waals surface area (Å²) in [5, 5.41) is 3.07. The first-order valence-corrected chi connectivity index (χ1v) is 7.51. The fraction of sp³-hybridized carbons (Fsp3) is 0.500. The minimum absolute atomic E-state index is 0.395. The highest BCUT2D eigenvalue weighted by molar-refractivity contribution is 7.90. The number of benzene rings is 1. The van der Waals surface area contributed by atoms with Gasteiger partial charge in [0.2, 0.25) is 0 Å². The van der Waals surface area contributed by atoms with Gasteiger partial charge in [-0.25, -0.2) is 8.42 Å². The van der Waals surface area contributed by atoms with Crippen molar-refractivity contribution in [1.29, 1.82) is 0 Å². The maximum atomic E-state index is 11.6. The molecule has 4 nitrogen and oxygen atoms in total. The summed E-state index contributed by atoms with van der Waals surface area (Å²) in [4.78, 5) is 2.38. The van der Waals surface area contributed by atoms with E-state index < -0.39 is 9.84 Å². The number of rotatable bonds is 6. The third-order valence-corrected chi connectivity index (χ3v) is 3.74. The topological polar surface area (TPSA) is 49.4 Å². The number of hydrogen-bond donors (Lipinski definition) is 1. The van der Waals surface area contributed by atoms with Gasteiger partial charge in [-0.05, 0) is 32.1 Å². The van der Waals surface area contributed by atoms with E-state index in [0.717, 1.165) is 25.2 Å². The van der Waals surface area contributed by atoms with Crippen molar-refractivity contribution >= 4 is 15.5 Å². The van der Waals surface area contributed by atoms with E-state index in [-0.39, 0.29) is 0 Å². The van der Waals surface area contributed by atoms with Crippen LogP contribution in [-0.2, 0) is 9.84 Å². The summed E-state index contributed by atoms with van der Waals surface area (Å²) >= 11 is 0. The van der Waals surface area contributed by atoms with Gasteiger partial charge in [0, 0.05) is 19.8 Å². The largest absolute Gasteiger partial charge is 0.373 e. The predicted molar refractivity (Wildman–Crippen MR) is 71.4 cm³/mol. The fourth-order valence-corrected chi connectivity index (χ4v) is 2.63. The summed E-state index contributed by atoms with van der Waals surface area (Å²) < 4.78 is 23.3. The van der Waals surface area contributed by atoms with Gasteiger partial charge in [0.15, 0.2) is 9.84 Å². The van der Waals surface area contributed by atoms with Crippen molar-refractivity contribution in [2.75, 3.05) is 38.3 Å². The lowest BCUT2D eigenvalue weighted by molar-refractivity contribution is 0.601. The van der Waals surface area contributed by atoms with Gasteiger partial charge in [-0.2, -0.15) is 0 Å². The maximum absolute atomic E-state index is 11.6. The zero-order chi connectivity index (χ0) is 12.9. The van der Waals surface area contributed by atoms with E-state index in [4.69, 9.17) is 0 Å². The van der Waals surface area contributed by atoms with Crippen LogP contribution < -0.4 is 10.2 Å². The monoisotopic (exact) mass is 256 g/mol. The van der Waals surface area contributed by atoms with Gasteiger partial charge >= 0.3 is 0 Å². The summed E-state index contributed by atoms with van der Waals surface area (Å²) in [5.41, 5.74) is 0.770. The molecular weight excluding hydrogens is 236 g/mol. The third-order valence-electron chi connectivity index (χ3n) is 2.60. The molecule has 1 N–H and O–H groups in total. The molecule has 0 amide bonds. The highest BCUT2D eigenvalue weighted by atomic mass is 32.2. The highest BCUT2D eigenvalue weighted by Crippen LogP contribution is 2.23. The second kappa shape index (κ2) is 6.02. The van der Waals surface area contributed by atoms with E-state index >= 15 is 0 Å². The van der Waals surface area contributed by atoms with Crippen LogP contribution in [0.5, 0.6) is 0 Å². The molecule has 1 aromatic carbocycles. The normalized spacial score (nSPS) is 11.5. The number of anilines is 1. The van der Waals surface area contributed by atoms with Crippen LogP contribution in [-0.4, -0.2) is 41.9 Å². The standard InChI is InChI=1S/C12H20N2O2S/c1-13-9-6-10-14(2)11-7-4-5-8-12(11)17(3,15)16/h4-5,7-8,13H,6,9-10H2,1-3H3. The summed E-state index contributed by atoms with van der Waals surface area (Å²) in [6.45, 7) is 1.75. The third kappa shape index (κ3) is 4.02. The smallest absolute Gasteiger partial charge is 0.177 e. The molecule has 0 aliphatic rings. The van der Waals surface area contributed by atoms with Crippen molar-refractivity contribution in [2.45, 2.75) is 11.3 Å². The minimum atomic E-state index is -3.17. The zero-order valence-corrected chi connectivity index (χ0v) is 11.4. The van der Waals surface area contributed by atoms with Gasteiger partial charge in [0.1, 0.15) is 0 Å². The Morgan fingerprint density at radius 1 is 1.29 bits per heavy atom. The number of hydrogen-bond acceptors (Lipinski definition) is 4. The second-order valence-corrected chi connectivity index (χ2v) is 6.10. The Balaban J connectivity index is 2.90.